The lowest BCUT2D eigenvalue weighted by molar-refractivity contribution is -0.314. The number of carbonyl (C=O) groups is 1. The van der Waals surface area contributed by atoms with Gasteiger partial charge in [0.2, 0.25) is 0 Å². The lowest BCUT2D eigenvalue weighted by atomic mass is 9.70. The standard InChI is InChI=1S/C19H30O8/c1-9(21)5-6-11-10(2)17(12(22)7-19(11,3)4)27-18-16(25)15(24)14(23)13(8-20)26-18/h5-6,12-18,20,22-25H,7-8H2,1-4H3. The molecule has 0 saturated carbocycles. The third kappa shape index (κ3) is 4.65. The second kappa shape index (κ2) is 8.48. The number of ketones is 1. The molecular weight excluding hydrogens is 356 g/mol. The van der Waals surface area contributed by atoms with Gasteiger partial charge in [-0.2, -0.15) is 0 Å². The van der Waals surface area contributed by atoms with Crippen molar-refractivity contribution in [2.75, 3.05) is 6.61 Å². The zero-order valence-electron chi connectivity index (χ0n) is 16.1. The van der Waals surface area contributed by atoms with E-state index in [4.69, 9.17) is 9.47 Å². The Morgan fingerprint density at radius 3 is 2.41 bits per heavy atom. The summed E-state index contributed by atoms with van der Waals surface area (Å²) in [5.74, 6) is -0.108. The zero-order chi connectivity index (χ0) is 20.5. The molecule has 0 aromatic carbocycles. The highest BCUT2D eigenvalue weighted by Crippen LogP contribution is 2.42. The number of aliphatic hydroxyl groups excluding tert-OH is 5. The van der Waals surface area contributed by atoms with Crippen molar-refractivity contribution in [3.8, 4) is 0 Å². The summed E-state index contributed by atoms with van der Waals surface area (Å²) in [6.07, 6.45) is -5.26. The predicted octanol–water partition coefficient (Wildman–Crippen LogP) is -0.576. The fourth-order valence-electron chi connectivity index (χ4n) is 3.79. The molecule has 0 radical (unpaired) electrons. The van der Waals surface area contributed by atoms with Gasteiger partial charge in [-0.3, -0.25) is 4.79 Å². The average molecular weight is 386 g/mol. The summed E-state index contributed by atoms with van der Waals surface area (Å²) in [6, 6.07) is 0. The summed E-state index contributed by atoms with van der Waals surface area (Å²) < 4.78 is 11.1. The van der Waals surface area contributed by atoms with Crippen LogP contribution in [-0.2, 0) is 14.3 Å². The minimum atomic E-state index is -1.56. The van der Waals surface area contributed by atoms with Gasteiger partial charge >= 0.3 is 0 Å². The van der Waals surface area contributed by atoms with E-state index in [1.165, 1.54) is 13.0 Å². The molecular formula is C19H30O8. The molecule has 27 heavy (non-hydrogen) atoms. The topological polar surface area (TPSA) is 137 Å². The third-order valence-corrected chi connectivity index (χ3v) is 5.26. The van der Waals surface area contributed by atoms with Crippen LogP contribution in [0.15, 0.2) is 23.3 Å². The Bertz CT molecular complexity index is 609. The van der Waals surface area contributed by atoms with Gasteiger partial charge in [-0.05, 0) is 42.9 Å². The van der Waals surface area contributed by atoms with Gasteiger partial charge in [-0.15, -0.1) is 0 Å². The van der Waals surface area contributed by atoms with Crippen LogP contribution in [0.2, 0.25) is 0 Å². The van der Waals surface area contributed by atoms with E-state index in [0.29, 0.717) is 12.0 Å². The minimum Gasteiger partial charge on any atom is -0.394 e. The highest BCUT2D eigenvalue weighted by Gasteiger charge is 2.47. The lowest BCUT2D eigenvalue weighted by Gasteiger charge is -2.45. The van der Waals surface area contributed by atoms with Crippen molar-refractivity contribution in [2.45, 2.75) is 77.0 Å². The van der Waals surface area contributed by atoms with Crippen LogP contribution in [0.3, 0.4) is 0 Å². The van der Waals surface area contributed by atoms with Crippen molar-refractivity contribution >= 4 is 5.78 Å². The Morgan fingerprint density at radius 1 is 1.22 bits per heavy atom. The Hall–Kier alpha value is -1.13. The molecule has 7 unspecified atom stereocenters. The number of rotatable bonds is 5. The monoisotopic (exact) mass is 386 g/mol. The van der Waals surface area contributed by atoms with Crippen LogP contribution in [0.25, 0.3) is 0 Å². The maximum atomic E-state index is 11.3. The van der Waals surface area contributed by atoms with Gasteiger partial charge in [0, 0.05) is 0 Å². The molecule has 2 aliphatic rings. The van der Waals surface area contributed by atoms with Gasteiger partial charge in [0.25, 0.3) is 0 Å². The summed E-state index contributed by atoms with van der Waals surface area (Å²) in [6.45, 7) is 6.54. The normalized spacial score (nSPS) is 39.8. The first-order valence-corrected chi connectivity index (χ1v) is 9.03. The van der Waals surface area contributed by atoms with Crippen LogP contribution in [0.1, 0.15) is 34.1 Å². The first-order valence-electron chi connectivity index (χ1n) is 9.03. The highest BCUT2D eigenvalue weighted by molar-refractivity contribution is 5.87. The van der Waals surface area contributed by atoms with Crippen LogP contribution in [0.5, 0.6) is 0 Å². The molecule has 8 nitrogen and oxygen atoms in total. The van der Waals surface area contributed by atoms with E-state index >= 15 is 0 Å². The number of hydrogen-bond acceptors (Lipinski definition) is 8. The van der Waals surface area contributed by atoms with Crippen LogP contribution in [-0.4, -0.2) is 80.8 Å². The molecule has 1 saturated heterocycles. The quantitative estimate of drug-likeness (QED) is 0.396. The van der Waals surface area contributed by atoms with E-state index in [9.17, 15) is 30.3 Å². The first kappa shape index (κ1) is 22.2. The first-order chi connectivity index (χ1) is 12.5. The number of aliphatic hydroxyl groups is 5. The van der Waals surface area contributed by atoms with E-state index in [2.05, 4.69) is 0 Å². The van der Waals surface area contributed by atoms with E-state index in [-0.39, 0.29) is 5.78 Å². The van der Waals surface area contributed by atoms with E-state index in [1.807, 2.05) is 13.8 Å². The van der Waals surface area contributed by atoms with E-state index < -0.39 is 54.9 Å². The smallest absolute Gasteiger partial charge is 0.187 e. The van der Waals surface area contributed by atoms with E-state index in [1.54, 1.807) is 13.0 Å². The summed E-state index contributed by atoms with van der Waals surface area (Å²) in [5, 5.41) is 49.8. The molecule has 0 aromatic heterocycles. The highest BCUT2D eigenvalue weighted by atomic mass is 16.7. The minimum absolute atomic E-state index is 0.108. The molecule has 0 spiro atoms. The fourth-order valence-corrected chi connectivity index (χ4v) is 3.79. The Kier molecular flexibility index (Phi) is 6.96. The fraction of sp³-hybridized carbons (Fsp3) is 0.737. The molecule has 2 rings (SSSR count). The summed E-state index contributed by atoms with van der Waals surface area (Å²) in [4.78, 5) is 11.3. The van der Waals surface area contributed by atoms with Gasteiger partial charge in [0.1, 0.15) is 30.5 Å². The maximum absolute atomic E-state index is 11.3. The number of ether oxygens (including phenoxy) is 2. The predicted molar refractivity (Wildman–Crippen MR) is 95.6 cm³/mol. The van der Waals surface area contributed by atoms with Gasteiger partial charge in [0.05, 0.1) is 12.7 Å². The van der Waals surface area contributed by atoms with Crippen molar-refractivity contribution in [2.24, 2.45) is 5.41 Å². The van der Waals surface area contributed by atoms with Gasteiger partial charge in [0.15, 0.2) is 12.1 Å². The van der Waals surface area contributed by atoms with Crippen LogP contribution in [0, 0.1) is 5.41 Å². The third-order valence-electron chi connectivity index (χ3n) is 5.26. The van der Waals surface area contributed by atoms with Gasteiger partial charge in [-0.25, -0.2) is 0 Å². The Morgan fingerprint density at radius 2 is 1.85 bits per heavy atom. The Balaban J connectivity index is 2.30. The number of allylic oxidation sites excluding steroid dienone is 3. The zero-order valence-corrected chi connectivity index (χ0v) is 16.1. The van der Waals surface area contributed by atoms with Crippen LogP contribution < -0.4 is 0 Å². The van der Waals surface area contributed by atoms with E-state index in [0.717, 1.165) is 5.57 Å². The van der Waals surface area contributed by atoms with Gasteiger partial charge < -0.3 is 35.0 Å². The second-order valence-corrected chi connectivity index (χ2v) is 7.95. The molecule has 8 heteroatoms. The van der Waals surface area contributed by atoms with Crippen molar-refractivity contribution in [1.29, 1.82) is 0 Å². The van der Waals surface area contributed by atoms with Crippen LogP contribution in [0.4, 0.5) is 0 Å². The second-order valence-electron chi connectivity index (χ2n) is 7.95. The van der Waals surface area contributed by atoms with Gasteiger partial charge in [-0.1, -0.05) is 19.9 Å². The summed E-state index contributed by atoms with van der Waals surface area (Å²) in [5.41, 5.74) is 1.11. The molecule has 1 fully saturated rings. The van der Waals surface area contributed by atoms with Crippen molar-refractivity contribution < 1.29 is 39.8 Å². The molecule has 154 valence electrons. The maximum Gasteiger partial charge on any atom is 0.187 e. The average Bonchev–Trinajstić information content (AvgIpc) is 2.57. The molecule has 0 amide bonds. The molecule has 5 N–H and O–H groups in total. The number of carbonyl (C=O) groups excluding carboxylic acids is 1. The molecule has 7 atom stereocenters. The Labute approximate surface area is 158 Å². The molecule has 0 bridgehead atoms. The molecule has 1 aliphatic heterocycles. The largest absolute Gasteiger partial charge is 0.394 e. The molecule has 0 aromatic rings. The molecule has 1 aliphatic carbocycles. The SMILES string of the molecule is CC(=O)C=CC1=C(C)C(OC2OC(CO)C(O)C(O)C2O)C(O)CC1(C)C. The van der Waals surface area contributed by atoms with Crippen molar-refractivity contribution in [3.63, 3.8) is 0 Å². The molecule has 1 heterocycles. The lowest BCUT2D eigenvalue weighted by Crippen LogP contribution is -2.60. The number of hydrogen-bond donors (Lipinski definition) is 5. The summed E-state index contributed by atoms with van der Waals surface area (Å²) in [7, 11) is 0. The summed E-state index contributed by atoms with van der Waals surface area (Å²) >= 11 is 0. The van der Waals surface area contributed by atoms with Crippen LogP contribution >= 0.6 is 0 Å². The van der Waals surface area contributed by atoms with Crippen molar-refractivity contribution in [1.82, 2.24) is 0 Å². The van der Waals surface area contributed by atoms with Crippen molar-refractivity contribution in [3.05, 3.63) is 23.3 Å².